The zero-order valence-corrected chi connectivity index (χ0v) is 21.0. The predicted octanol–water partition coefficient (Wildman–Crippen LogP) is 4.18. The lowest BCUT2D eigenvalue weighted by atomic mass is 9.98. The van der Waals surface area contributed by atoms with E-state index in [4.69, 9.17) is 9.47 Å². The summed E-state index contributed by atoms with van der Waals surface area (Å²) in [5.74, 6) is 0.980. The Morgan fingerprint density at radius 1 is 1.10 bits per heavy atom. The Bertz CT molecular complexity index is 708. The molecule has 2 rings (SSSR count). The number of guanidine groups is 1. The van der Waals surface area contributed by atoms with Crippen molar-refractivity contribution in [2.45, 2.75) is 51.4 Å². The van der Waals surface area contributed by atoms with Gasteiger partial charge in [0.15, 0.2) is 24.1 Å². The van der Waals surface area contributed by atoms with Crippen molar-refractivity contribution in [3.63, 3.8) is 0 Å². The molecular weight excluding hydrogens is 524 g/mol. The van der Waals surface area contributed by atoms with E-state index in [2.05, 4.69) is 34.4 Å². The summed E-state index contributed by atoms with van der Waals surface area (Å²) in [5, 5.41) is 6.60. The van der Waals surface area contributed by atoms with Gasteiger partial charge in [-0.25, -0.2) is 0 Å². The van der Waals surface area contributed by atoms with Crippen molar-refractivity contribution < 1.29 is 22.6 Å². The molecule has 1 aromatic rings. The van der Waals surface area contributed by atoms with Gasteiger partial charge in [-0.1, -0.05) is 12.5 Å². The second kappa shape index (κ2) is 12.6. The van der Waals surface area contributed by atoms with E-state index in [0.717, 1.165) is 25.2 Å². The second-order valence-electron chi connectivity index (χ2n) is 8.03. The van der Waals surface area contributed by atoms with Gasteiger partial charge in [0.1, 0.15) is 0 Å². The number of rotatable bonds is 8. The summed E-state index contributed by atoms with van der Waals surface area (Å²) in [4.78, 5) is 6.76. The van der Waals surface area contributed by atoms with Gasteiger partial charge < -0.3 is 20.1 Å². The van der Waals surface area contributed by atoms with Crippen LogP contribution < -0.4 is 20.1 Å². The summed E-state index contributed by atoms with van der Waals surface area (Å²) in [7, 11) is 3.11. The van der Waals surface area contributed by atoms with Crippen LogP contribution in [0.2, 0.25) is 0 Å². The van der Waals surface area contributed by atoms with Crippen LogP contribution in [0.1, 0.15) is 38.7 Å². The second-order valence-corrected chi connectivity index (χ2v) is 8.03. The molecule has 0 saturated carbocycles. The summed E-state index contributed by atoms with van der Waals surface area (Å²) in [6.45, 7) is 6.52. The van der Waals surface area contributed by atoms with Crippen molar-refractivity contribution in [3.8, 4) is 11.5 Å². The molecule has 10 heteroatoms. The van der Waals surface area contributed by atoms with Gasteiger partial charge >= 0.3 is 6.18 Å². The minimum Gasteiger partial charge on any atom is -0.493 e. The van der Waals surface area contributed by atoms with Crippen LogP contribution in [-0.4, -0.2) is 63.0 Å². The van der Waals surface area contributed by atoms with Crippen LogP contribution >= 0.6 is 24.0 Å². The van der Waals surface area contributed by atoms with Crippen molar-refractivity contribution in [3.05, 3.63) is 23.8 Å². The lowest BCUT2D eigenvalue weighted by Gasteiger charge is -2.41. The fourth-order valence-electron chi connectivity index (χ4n) is 3.42. The summed E-state index contributed by atoms with van der Waals surface area (Å²) < 4.78 is 47.1. The van der Waals surface area contributed by atoms with Gasteiger partial charge in [-0.2, -0.15) is 13.2 Å². The average molecular weight is 558 g/mol. The molecule has 0 radical (unpaired) electrons. The molecule has 0 atom stereocenters. The Labute approximate surface area is 200 Å². The van der Waals surface area contributed by atoms with Gasteiger partial charge in [-0.15, -0.1) is 24.0 Å². The fourth-order valence-corrected chi connectivity index (χ4v) is 3.42. The molecule has 1 aliphatic rings. The summed E-state index contributed by atoms with van der Waals surface area (Å²) >= 11 is 0. The van der Waals surface area contributed by atoms with Gasteiger partial charge in [0, 0.05) is 25.7 Å². The van der Waals surface area contributed by atoms with Gasteiger partial charge in [0.25, 0.3) is 0 Å². The number of hydrogen-bond donors (Lipinski definition) is 2. The van der Waals surface area contributed by atoms with Crippen molar-refractivity contribution in [2.24, 2.45) is 4.99 Å². The number of benzene rings is 1. The standard InChI is InChI=1S/C21H33F3N4O2.HI/c1-20(2,28-10-6-5-7-11-28)14-27-19(25-3)26-13-16-8-9-17(18(12-16)29-4)30-15-21(22,23)24;/h8-9,12H,5-7,10-11,13-15H2,1-4H3,(H2,25,26,27);1H. The molecule has 178 valence electrons. The van der Waals surface area contributed by atoms with Crippen LogP contribution in [0.25, 0.3) is 0 Å². The summed E-state index contributed by atoms with van der Waals surface area (Å²) in [6.07, 6.45) is -0.625. The number of alkyl halides is 3. The van der Waals surface area contributed by atoms with Crippen molar-refractivity contribution in [1.82, 2.24) is 15.5 Å². The van der Waals surface area contributed by atoms with Gasteiger partial charge in [0.05, 0.1) is 7.11 Å². The minimum absolute atomic E-state index is 0. The molecule has 1 saturated heterocycles. The van der Waals surface area contributed by atoms with E-state index in [0.29, 0.717) is 12.5 Å². The van der Waals surface area contributed by atoms with Gasteiger partial charge in [0.2, 0.25) is 0 Å². The molecule has 0 aromatic heterocycles. The summed E-state index contributed by atoms with van der Waals surface area (Å²) in [6, 6.07) is 4.84. The van der Waals surface area contributed by atoms with Crippen LogP contribution in [0.5, 0.6) is 11.5 Å². The highest BCUT2D eigenvalue weighted by Crippen LogP contribution is 2.29. The molecule has 6 nitrogen and oxygen atoms in total. The molecule has 31 heavy (non-hydrogen) atoms. The zero-order valence-electron chi connectivity index (χ0n) is 18.6. The normalized spacial score (nSPS) is 15.8. The lowest BCUT2D eigenvalue weighted by Crippen LogP contribution is -2.54. The van der Waals surface area contributed by atoms with Gasteiger partial charge in [-0.05, 0) is 57.5 Å². The number of aliphatic imine (C=N–C) groups is 1. The Kier molecular flexibility index (Phi) is 11.2. The third-order valence-corrected chi connectivity index (χ3v) is 5.20. The van der Waals surface area contributed by atoms with Crippen molar-refractivity contribution >= 4 is 29.9 Å². The summed E-state index contributed by atoms with van der Waals surface area (Å²) in [5.41, 5.74) is 0.850. The van der Waals surface area contributed by atoms with Crippen molar-refractivity contribution in [1.29, 1.82) is 0 Å². The Hall–Kier alpha value is -1.43. The van der Waals surface area contributed by atoms with Crippen LogP contribution in [0.3, 0.4) is 0 Å². The monoisotopic (exact) mass is 558 g/mol. The number of likely N-dealkylation sites (tertiary alicyclic amines) is 1. The Balaban J connectivity index is 0.00000480. The molecule has 0 amide bonds. The van der Waals surface area contributed by atoms with Crippen LogP contribution in [-0.2, 0) is 6.54 Å². The molecule has 0 unspecified atom stereocenters. The topological polar surface area (TPSA) is 58.1 Å². The molecule has 1 fully saturated rings. The van der Waals surface area contributed by atoms with Crippen LogP contribution in [0.15, 0.2) is 23.2 Å². The molecule has 0 spiro atoms. The van der Waals surface area contributed by atoms with Crippen LogP contribution in [0.4, 0.5) is 13.2 Å². The number of ether oxygens (including phenoxy) is 2. The predicted molar refractivity (Wildman–Crippen MR) is 128 cm³/mol. The first kappa shape index (κ1) is 27.6. The third-order valence-electron chi connectivity index (χ3n) is 5.20. The number of nitrogens with one attached hydrogen (secondary N) is 2. The van der Waals surface area contributed by atoms with E-state index in [1.165, 1.54) is 32.4 Å². The fraction of sp³-hybridized carbons (Fsp3) is 0.667. The largest absolute Gasteiger partial charge is 0.493 e. The molecule has 0 aliphatic carbocycles. The number of hydrogen-bond acceptors (Lipinski definition) is 4. The number of piperidine rings is 1. The Morgan fingerprint density at radius 2 is 1.77 bits per heavy atom. The number of halogens is 4. The first-order valence-corrected chi connectivity index (χ1v) is 10.2. The maximum atomic E-state index is 12.4. The quantitative estimate of drug-likeness (QED) is 0.285. The SMILES string of the molecule is CN=C(NCc1ccc(OCC(F)(F)F)c(OC)c1)NCC(C)(C)N1CCCCC1.I. The van der Waals surface area contributed by atoms with E-state index >= 15 is 0 Å². The molecule has 1 aromatic carbocycles. The highest BCUT2D eigenvalue weighted by Gasteiger charge is 2.29. The Morgan fingerprint density at radius 3 is 2.35 bits per heavy atom. The molecule has 0 bridgehead atoms. The highest BCUT2D eigenvalue weighted by atomic mass is 127. The van der Waals surface area contributed by atoms with E-state index in [1.807, 2.05) is 0 Å². The number of methoxy groups -OCH3 is 1. The first-order valence-electron chi connectivity index (χ1n) is 10.2. The first-order chi connectivity index (χ1) is 14.1. The van der Waals surface area contributed by atoms with Crippen LogP contribution in [0, 0.1) is 0 Å². The average Bonchev–Trinajstić information content (AvgIpc) is 2.72. The smallest absolute Gasteiger partial charge is 0.422 e. The molecule has 2 N–H and O–H groups in total. The van der Waals surface area contributed by atoms with Crippen molar-refractivity contribution in [2.75, 3.05) is 40.4 Å². The maximum absolute atomic E-state index is 12.4. The van der Waals surface area contributed by atoms with E-state index < -0.39 is 12.8 Å². The van der Waals surface area contributed by atoms with E-state index in [1.54, 1.807) is 19.2 Å². The lowest BCUT2D eigenvalue weighted by molar-refractivity contribution is -0.153. The number of nitrogens with zero attached hydrogens (tertiary/aromatic N) is 2. The van der Waals surface area contributed by atoms with E-state index in [-0.39, 0.29) is 41.0 Å². The zero-order chi connectivity index (χ0) is 22.2. The highest BCUT2D eigenvalue weighted by molar-refractivity contribution is 14.0. The third kappa shape index (κ3) is 9.30. The maximum Gasteiger partial charge on any atom is 0.422 e. The molecule has 1 aliphatic heterocycles. The van der Waals surface area contributed by atoms with E-state index in [9.17, 15) is 13.2 Å². The minimum atomic E-state index is -4.40. The van der Waals surface area contributed by atoms with Gasteiger partial charge in [-0.3, -0.25) is 9.89 Å². The molecule has 1 heterocycles. The molecular formula is C21H34F3IN4O2.